The Kier molecular flexibility index (Phi) is 2.34. The Morgan fingerprint density at radius 3 is 2.88 bits per heavy atom. The average molecular weight is 225 g/mol. The van der Waals surface area contributed by atoms with Crippen LogP contribution >= 0.6 is 0 Å². The van der Waals surface area contributed by atoms with Crippen molar-refractivity contribution in [3.63, 3.8) is 0 Å². The summed E-state index contributed by atoms with van der Waals surface area (Å²) in [7, 11) is 0. The Labute approximate surface area is 89.8 Å². The van der Waals surface area contributed by atoms with Crippen LogP contribution in [0.5, 0.6) is 0 Å². The Morgan fingerprint density at radius 2 is 2.25 bits per heavy atom. The van der Waals surface area contributed by atoms with E-state index in [-0.39, 0.29) is 12.1 Å². The lowest BCUT2D eigenvalue weighted by Gasteiger charge is -2.18. The number of Topliss-reactive ketones (excluding diaryl/α,β-unsaturated/α-hetero) is 1. The summed E-state index contributed by atoms with van der Waals surface area (Å²) in [6, 6.07) is 0. The first-order valence-corrected chi connectivity index (χ1v) is 4.65. The summed E-state index contributed by atoms with van der Waals surface area (Å²) in [5.41, 5.74) is 0.150. The van der Waals surface area contributed by atoms with Gasteiger partial charge in [0.25, 0.3) is 5.91 Å². The highest BCUT2D eigenvalue weighted by atomic mass is 19.1. The number of rotatable bonds is 2. The van der Waals surface area contributed by atoms with Crippen LogP contribution in [-0.4, -0.2) is 34.2 Å². The van der Waals surface area contributed by atoms with Gasteiger partial charge in [-0.3, -0.25) is 19.3 Å². The van der Waals surface area contributed by atoms with E-state index in [4.69, 9.17) is 5.11 Å². The van der Waals surface area contributed by atoms with Gasteiger partial charge in [-0.25, -0.2) is 4.39 Å². The van der Waals surface area contributed by atoms with Crippen LogP contribution in [0.25, 0.3) is 0 Å². The van der Waals surface area contributed by atoms with Crippen LogP contribution in [0.1, 0.15) is 6.42 Å². The van der Waals surface area contributed by atoms with Crippen molar-refractivity contribution in [3.8, 4) is 0 Å². The van der Waals surface area contributed by atoms with Crippen molar-refractivity contribution in [2.75, 3.05) is 6.54 Å². The highest BCUT2D eigenvalue weighted by Crippen LogP contribution is 2.33. The molecule has 84 valence electrons. The van der Waals surface area contributed by atoms with E-state index in [0.29, 0.717) is 0 Å². The van der Waals surface area contributed by atoms with Crippen LogP contribution in [0.3, 0.4) is 0 Å². The second kappa shape index (κ2) is 3.55. The van der Waals surface area contributed by atoms with E-state index in [1.54, 1.807) is 0 Å². The summed E-state index contributed by atoms with van der Waals surface area (Å²) < 4.78 is 13.0. The number of hydrogen-bond acceptors (Lipinski definition) is 3. The van der Waals surface area contributed by atoms with Gasteiger partial charge < -0.3 is 5.11 Å². The zero-order valence-corrected chi connectivity index (χ0v) is 8.14. The van der Waals surface area contributed by atoms with Gasteiger partial charge in [0.15, 0.2) is 0 Å². The molecule has 1 fully saturated rings. The fourth-order valence-corrected chi connectivity index (χ4v) is 1.86. The molecule has 0 bridgehead atoms. The fraction of sp³-hybridized carbons (Fsp3) is 0.300. The normalized spacial score (nSPS) is 24.1. The van der Waals surface area contributed by atoms with Gasteiger partial charge in [0.05, 0.1) is 5.92 Å². The molecule has 1 atom stereocenters. The zero-order valence-electron chi connectivity index (χ0n) is 8.14. The van der Waals surface area contributed by atoms with Crippen LogP contribution in [0.2, 0.25) is 0 Å². The molecule has 1 heterocycles. The maximum absolute atomic E-state index is 13.0. The second-order valence-corrected chi connectivity index (χ2v) is 3.60. The number of fused-ring (bicyclic) bond motifs is 1. The summed E-state index contributed by atoms with van der Waals surface area (Å²) in [6.45, 7) is -0.611. The van der Waals surface area contributed by atoms with Crippen molar-refractivity contribution in [3.05, 3.63) is 23.7 Å². The molecule has 16 heavy (non-hydrogen) atoms. The summed E-state index contributed by atoms with van der Waals surface area (Å²) >= 11 is 0. The minimum Gasteiger partial charge on any atom is -0.480 e. The minimum atomic E-state index is -1.24. The first-order chi connectivity index (χ1) is 7.50. The van der Waals surface area contributed by atoms with E-state index in [1.807, 2.05) is 0 Å². The number of amides is 1. The zero-order chi connectivity index (χ0) is 11.9. The van der Waals surface area contributed by atoms with Crippen LogP contribution in [0, 0.1) is 5.92 Å². The lowest BCUT2D eigenvalue weighted by Crippen LogP contribution is -2.31. The molecule has 1 aliphatic carbocycles. The number of carboxylic acid groups (broad SMARTS) is 1. The smallest absolute Gasteiger partial charge is 0.323 e. The first kappa shape index (κ1) is 10.5. The molecule has 2 rings (SSSR count). The lowest BCUT2D eigenvalue weighted by atomic mass is 9.95. The van der Waals surface area contributed by atoms with Crippen LogP contribution < -0.4 is 0 Å². The van der Waals surface area contributed by atoms with E-state index in [0.717, 1.165) is 11.0 Å². The number of carboxylic acids is 1. The third kappa shape index (κ3) is 1.52. The highest BCUT2D eigenvalue weighted by molar-refractivity contribution is 6.40. The van der Waals surface area contributed by atoms with Gasteiger partial charge in [-0.15, -0.1) is 0 Å². The standard InChI is InChI=1S/C10H8FNO4/c11-5-1-2-6-7(3-5)12(4-8(13)14)10(16)9(6)15/h1,3,6H,2,4H2,(H,13,14). The Morgan fingerprint density at radius 1 is 1.56 bits per heavy atom. The molecule has 1 unspecified atom stereocenters. The molecule has 0 aromatic rings. The molecule has 0 saturated carbocycles. The van der Waals surface area contributed by atoms with E-state index in [9.17, 15) is 18.8 Å². The topological polar surface area (TPSA) is 74.7 Å². The summed E-state index contributed by atoms with van der Waals surface area (Å²) in [5, 5.41) is 8.59. The predicted octanol–water partition coefficient (Wildman–Crippen LogP) is 0.239. The minimum absolute atomic E-state index is 0.109. The maximum Gasteiger partial charge on any atom is 0.323 e. The number of carbonyl (C=O) groups excluding carboxylic acids is 2. The number of carbonyl (C=O) groups is 3. The summed E-state index contributed by atoms with van der Waals surface area (Å²) in [4.78, 5) is 34.2. The first-order valence-electron chi connectivity index (χ1n) is 4.65. The van der Waals surface area contributed by atoms with E-state index < -0.39 is 35.9 Å². The molecule has 0 aromatic carbocycles. The molecule has 5 nitrogen and oxygen atoms in total. The molecule has 1 amide bonds. The highest BCUT2D eigenvalue weighted by Gasteiger charge is 2.44. The van der Waals surface area contributed by atoms with Crippen molar-refractivity contribution < 1.29 is 23.9 Å². The fourth-order valence-electron chi connectivity index (χ4n) is 1.86. The summed E-state index contributed by atoms with van der Waals surface area (Å²) in [6.07, 6.45) is 2.36. The van der Waals surface area contributed by atoms with Crippen molar-refractivity contribution in [2.24, 2.45) is 5.92 Å². The molecule has 1 saturated heterocycles. The van der Waals surface area contributed by atoms with Gasteiger partial charge in [-0.05, 0) is 18.6 Å². The van der Waals surface area contributed by atoms with E-state index >= 15 is 0 Å². The Bertz CT molecular complexity index is 452. The lowest BCUT2D eigenvalue weighted by molar-refractivity contribution is -0.145. The van der Waals surface area contributed by atoms with Gasteiger partial charge in [0, 0.05) is 5.70 Å². The Balaban J connectivity index is 2.36. The quantitative estimate of drug-likeness (QED) is 0.683. The number of aliphatic carboxylic acids is 1. The van der Waals surface area contributed by atoms with Gasteiger partial charge >= 0.3 is 5.97 Å². The van der Waals surface area contributed by atoms with Crippen molar-refractivity contribution >= 4 is 17.7 Å². The van der Waals surface area contributed by atoms with E-state index in [1.165, 1.54) is 6.08 Å². The van der Waals surface area contributed by atoms with Crippen molar-refractivity contribution in [2.45, 2.75) is 6.42 Å². The van der Waals surface area contributed by atoms with Crippen molar-refractivity contribution in [1.82, 2.24) is 4.90 Å². The number of allylic oxidation sites excluding steroid dienone is 4. The van der Waals surface area contributed by atoms with Crippen molar-refractivity contribution in [1.29, 1.82) is 0 Å². The Hall–Kier alpha value is -1.98. The molecule has 0 spiro atoms. The number of halogens is 1. The average Bonchev–Trinajstić information content (AvgIpc) is 2.43. The molecule has 0 radical (unpaired) electrons. The van der Waals surface area contributed by atoms with Crippen LogP contribution in [0.4, 0.5) is 4.39 Å². The maximum atomic E-state index is 13.0. The third-order valence-electron chi connectivity index (χ3n) is 2.57. The molecular weight excluding hydrogens is 217 g/mol. The molecule has 0 aromatic heterocycles. The molecule has 1 aliphatic heterocycles. The monoisotopic (exact) mass is 225 g/mol. The van der Waals surface area contributed by atoms with Gasteiger partial charge in [0.1, 0.15) is 12.4 Å². The number of ketones is 1. The molecular formula is C10H8FNO4. The van der Waals surface area contributed by atoms with Gasteiger partial charge in [-0.1, -0.05) is 0 Å². The van der Waals surface area contributed by atoms with Gasteiger partial charge in [0.2, 0.25) is 5.78 Å². The van der Waals surface area contributed by atoms with Gasteiger partial charge in [-0.2, -0.15) is 0 Å². The number of likely N-dealkylation sites (tertiary alicyclic amines) is 1. The third-order valence-corrected chi connectivity index (χ3v) is 2.57. The largest absolute Gasteiger partial charge is 0.480 e. The van der Waals surface area contributed by atoms with Crippen LogP contribution in [-0.2, 0) is 14.4 Å². The SMILES string of the molecule is O=C(O)CN1C(=O)C(=O)C2CC=C(F)C=C21. The van der Waals surface area contributed by atoms with E-state index in [2.05, 4.69) is 0 Å². The number of hydrogen-bond donors (Lipinski definition) is 1. The molecule has 1 N–H and O–H groups in total. The predicted molar refractivity (Wildman–Crippen MR) is 49.7 cm³/mol. The number of nitrogens with zero attached hydrogens (tertiary/aromatic N) is 1. The second-order valence-electron chi connectivity index (χ2n) is 3.60. The molecule has 2 aliphatic rings. The molecule has 6 heteroatoms. The van der Waals surface area contributed by atoms with Crippen LogP contribution in [0.15, 0.2) is 23.7 Å². The summed E-state index contributed by atoms with van der Waals surface area (Å²) in [5.74, 6) is -4.05.